The Hall–Kier alpha value is -1.37. The van der Waals surface area contributed by atoms with Crippen LogP contribution in [-0.4, -0.2) is 31.5 Å². The van der Waals surface area contributed by atoms with Gasteiger partial charge in [0.25, 0.3) is 0 Å². The molecule has 1 aromatic carbocycles. The SMILES string of the molecule is C=CCOCC(C)(CO)COCc1ccc(C(F)(F)F)cc1. The van der Waals surface area contributed by atoms with Crippen molar-refractivity contribution >= 4 is 0 Å². The highest BCUT2D eigenvalue weighted by Crippen LogP contribution is 2.29. The summed E-state index contributed by atoms with van der Waals surface area (Å²) in [6.45, 7) is 6.33. The molecule has 0 aliphatic heterocycles. The third kappa shape index (κ3) is 6.17. The average Bonchev–Trinajstić information content (AvgIpc) is 2.47. The summed E-state index contributed by atoms with van der Waals surface area (Å²) in [6, 6.07) is 4.81. The van der Waals surface area contributed by atoms with Crippen LogP contribution in [0.25, 0.3) is 0 Å². The summed E-state index contributed by atoms with van der Waals surface area (Å²) in [7, 11) is 0. The summed E-state index contributed by atoms with van der Waals surface area (Å²) in [6.07, 6.45) is -2.72. The van der Waals surface area contributed by atoms with E-state index in [0.717, 1.165) is 12.1 Å². The molecule has 0 aliphatic rings. The van der Waals surface area contributed by atoms with Gasteiger partial charge in [-0.15, -0.1) is 6.58 Å². The van der Waals surface area contributed by atoms with Gasteiger partial charge in [-0.25, -0.2) is 0 Å². The van der Waals surface area contributed by atoms with Crippen molar-refractivity contribution in [2.75, 3.05) is 26.4 Å². The molecule has 1 unspecified atom stereocenters. The van der Waals surface area contributed by atoms with Gasteiger partial charge < -0.3 is 14.6 Å². The van der Waals surface area contributed by atoms with Crippen molar-refractivity contribution in [3.63, 3.8) is 0 Å². The van der Waals surface area contributed by atoms with E-state index in [4.69, 9.17) is 9.47 Å². The number of hydrogen-bond donors (Lipinski definition) is 1. The number of benzene rings is 1. The Morgan fingerprint density at radius 2 is 1.73 bits per heavy atom. The van der Waals surface area contributed by atoms with Gasteiger partial charge in [0.15, 0.2) is 0 Å². The van der Waals surface area contributed by atoms with Crippen LogP contribution in [0.5, 0.6) is 0 Å². The van der Waals surface area contributed by atoms with Gasteiger partial charge in [0.05, 0.1) is 38.6 Å². The highest BCUT2D eigenvalue weighted by Gasteiger charge is 2.30. The van der Waals surface area contributed by atoms with Gasteiger partial charge in [-0.05, 0) is 17.7 Å². The average molecular weight is 318 g/mol. The van der Waals surface area contributed by atoms with E-state index in [1.54, 1.807) is 6.08 Å². The van der Waals surface area contributed by atoms with Gasteiger partial charge in [0, 0.05) is 5.41 Å². The molecule has 0 heterocycles. The summed E-state index contributed by atoms with van der Waals surface area (Å²) < 4.78 is 48.1. The number of halogens is 3. The van der Waals surface area contributed by atoms with E-state index in [1.165, 1.54) is 12.1 Å². The van der Waals surface area contributed by atoms with Crippen molar-refractivity contribution in [2.45, 2.75) is 19.7 Å². The second-order valence-corrected chi connectivity index (χ2v) is 5.46. The van der Waals surface area contributed by atoms with E-state index in [1.807, 2.05) is 6.92 Å². The Morgan fingerprint density at radius 3 is 2.23 bits per heavy atom. The van der Waals surface area contributed by atoms with Crippen molar-refractivity contribution < 1.29 is 27.8 Å². The number of hydrogen-bond acceptors (Lipinski definition) is 3. The molecule has 1 aromatic rings. The molecule has 3 nitrogen and oxygen atoms in total. The first-order valence-electron chi connectivity index (χ1n) is 6.84. The molecular formula is C16H21F3O3. The lowest BCUT2D eigenvalue weighted by molar-refractivity contribution is -0.137. The molecule has 1 atom stereocenters. The molecule has 0 amide bonds. The van der Waals surface area contributed by atoms with Crippen molar-refractivity contribution in [2.24, 2.45) is 5.41 Å². The van der Waals surface area contributed by atoms with Crippen LogP contribution in [0.4, 0.5) is 13.2 Å². The van der Waals surface area contributed by atoms with Gasteiger partial charge in [0.1, 0.15) is 0 Å². The monoisotopic (exact) mass is 318 g/mol. The van der Waals surface area contributed by atoms with Gasteiger partial charge in [-0.3, -0.25) is 0 Å². The lowest BCUT2D eigenvalue weighted by atomic mass is 9.94. The molecule has 1 N–H and O–H groups in total. The molecule has 0 aromatic heterocycles. The Kier molecular flexibility index (Phi) is 7.06. The number of ether oxygens (including phenoxy) is 2. The molecular weight excluding hydrogens is 297 g/mol. The minimum atomic E-state index is -4.34. The fourth-order valence-electron chi connectivity index (χ4n) is 1.73. The van der Waals surface area contributed by atoms with Crippen molar-refractivity contribution in [3.05, 3.63) is 48.0 Å². The van der Waals surface area contributed by atoms with Crippen LogP contribution < -0.4 is 0 Å². The number of alkyl halides is 3. The Bertz CT molecular complexity index is 457. The zero-order chi connectivity index (χ0) is 16.6. The standard InChI is InChI=1S/C16H21F3O3/c1-3-8-21-11-15(2,10-20)12-22-9-13-4-6-14(7-5-13)16(17,18)19/h3-7,20H,1,8-12H2,2H3. The van der Waals surface area contributed by atoms with Gasteiger partial charge in [-0.1, -0.05) is 25.1 Å². The molecule has 0 bridgehead atoms. The molecule has 0 aliphatic carbocycles. The first-order chi connectivity index (χ1) is 10.3. The molecule has 0 spiro atoms. The van der Waals surface area contributed by atoms with Crippen LogP contribution in [0.15, 0.2) is 36.9 Å². The fraction of sp³-hybridized carbons (Fsp3) is 0.500. The fourth-order valence-corrected chi connectivity index (χ4v) is 1.73. The maximum absolute atomic E-state index is 12.4. The Morgan fingerprint density at radius 1 is 1.14 bits per heavy atom. The van der Waals surface area contributed by atoms with Crippen molar-refractivity contribution in [1.82, 2.24) is 0 Å². The van der Waals surface area contributed by atoms with E-state index in [0.29, 0.717) is 18.8 Å². The van der Waals surface area contributed by atoms with Crippen LogP contribution in [0, 0.1) is 5.41 Å². The second kappa shape index (κ2) is 8.31. The van der Waals surface area contributed by atoms with E-state index < -0.39 is 17.2 Å². The third-order valence-electron chi connectivity index (χ3n) is 3.07. The predicted molar refractivity (Wildman–Crippen MR) is 77.3 cm³/mol. The molecule has 6 heteroatoms. The largest absolute Gasteiger partial charge is 0.416 e. The van der Waals surface area contributed by atoms with Crippen molar-refractivity contribution in [3.8, 4) is 0 Å². The molecule has 0 saturated heterocycles. The maximum Gasteiger partial charge on any atom is 0.416 e. The quantitative estimate of drug-likeness (QED) is 0.560. The molecule has 22 heavy (non-hydrogen) atoms. The van der Waals surface area contributed by atoms with Gasteiger partial charge in [0.2, 0.25) is 0 Å². The zero-order valence-electron chi connectivity index (χ0n) is 12.5. The first kappa shape index (κ1) is 18.7. The van der Waals surface area contributed by atoms with Crippen LogP contribution in [0.1, 0.15) is 18.1 Å². The first-order valence-corrected chi connectivity index (χ1v) is 6.84. The Balaban J connectivity index is 2.46. The number of aliphatic hydroxyl groups is 1. The summed E-state index contributed by atoms with van der Waals surface area (Å²) in [5.74, 6) is 0. The van der Waals surface area contributed by atoms with Crippen molar-refractivity contribution in [1.29, 1.82) is 0 Å². The third-order valence-corrected chi connectivity index (χ3v) is 3.07. The molecule has 0 saturated carbocycles. The summed E-state index contributed by atoms with van der Waals surface area (Å²) in [5, 5.41) is 9.40. The lowest BCUT2D eigenvalue weighted by Gasteiger charge is -2.26. The minimum Gasteiger partial charge on any atom is -0.396 e. The van der Waals surface area contributed by atoms with Crippen LogP contribution >= 0.6 is 0 Å². The van der Waals surface area contributed by atoms with Crippen LogP contribution in [-0.2, 0) is 22.3 Å². The zero-order valence-corrected chi connectivity index (χ0v) is 12.5. The Labute approximate surface area is 128 Å². The van der Waals surface area contributed by atoms with Gasteiger partial charge >= 0.3 is 6.18 Å². The highest BCUT2D eigenvalue weighted by atomic mass is 19.4. The molecule has 0 radical (unpaired) electrons. The van der Waals surface area contributed by atoms with Crippen LogP contribution in [0.3, 0.4) is 0 Å². The van der Waals surface area contributed by atoms with E-state index in [9.17, 15) is 18.3 Å². The second-order valence-electron chi connectivity index (χ2n) is 5.46. The van der Waals surface area contributed by atoms with E-state index in [-0.39, 0.29) is 19.8 Å². The molecule has 0 fully saturated rings. The summed E-state index contributed by atoms with van der Waals surface area (Å²) in [5.41, 5.74) is -0.607. The van der Waals surface area contributed by atoms with E-state index in [2.05, 4.69) is 6.58 Å². The number of aliphatic hydroxyl groups excluding tert-OH is 1. The lowest BCUT2D eigenvalue weighted by Crippen LogP contribution is -2.33. The highest BCUT2D eigenvalue weighted by molar-refractivity contribution is 5.24. The molecule has 1 rings (SSSR count). The van der Waals surface area contributed by atoms with E-state index >= 15 is 0 Å². The topological polar surface area (TPSA) is 38.7 Å². The minimum absolute atomic E-state index is 0.114. The normalized spacial score (nSPS) is 14.6. The summed E-state index contributed by atoms with van der Waals surface area (Å²) >= 11 is 0. The maximum atomic E-state index is 12.4. The smallest absolute Gasteiger partial charge is 0.396 e. The van der Waals surface area contributed by atoms with Crippen LogP contribution in [0.2, 0.25) is 0 Å². The summed E-state index contributed by atoms with van der Waals surface area (Å²) in [4.78, 5) is 0. The molecule has 124 valence electrons. The van der Waals surface area contributed by atoms with Gasteiger partial charge in [-0.2, -0.15) is 13.2 Å². The number of rotatable bonds is 9. The predicted octanol–water partition coefficient (Wildman–Crippen LogP) is 3.42.